The highest BCUT2D eigenvalue weighted by atomic mass is 79.9. The van der Waals surface area contributed by atoms with Gasteiger partial charge in [0.25, 0.3) is 0 Å². The number of aromatic nitrogens is 1. The van der Waals surface area contributed by atoms with E-state index in [4.69, 9.17) is 10.5 Å². The van der Waals surface area contributed by atoms with Crippen LogP contribution in [0.3, 0.4) is 0 Å². The smallest absolute Gasteiger partial charge is 0.159 e. The van der Waals surface area contributed by atoms with Crippen molar-refractivity contribution in [2.75, 3.05) is 0 Å². The van der Waals surface area contributed by atoms with E-state index in [2.05, 4.69) is 20.9 Å². The van der Waals surface area contributed by atoms with E-state index in [1.807, 2.05) is 31.3 Å². The van der Waals surface area contributed by atoms with Crippen molar-refractivity contribution in [2.24, 2.45) is 5.73 Å². The monoisotopic (exact) mass is 474 g/mol. The fraction of sp³-hybridized carbons (Fsp3) is 0.375. The first-order valence-electron chi connectivity index (χ1n) is 10.3. The molecule has 0 aliphatic heterocycles. The second-order valence-electron chi connectivity index (χ2n) is 8.12. The molecule has 0 saturated heterocycles. The summed E-state index contributed by atoms with van der Waals surface area (Å²) in [7, 11) is 0. The molecular formula is C24H25BrF2N2O. The summed E-state index contributed by atoms with van der Waals surface area (Å²) in [5.74, 6) is -0.839. The summed E-state index contributed by atoms with van der Waals surface area (Å²) in [6.45, 7) is 2.04. The third-order valence-electron chi connectivity index (χ3n) is 6.45. The maximum absolute atomic E-state index is 14.0. The molecule has 158 valence electrons. The minimum Gasteiger partial charge on any atom is -0.489 e. The number of nitrogens with zero attached hydrogens (tertiary/aromatic N) is 1. The molecule has 2 N–H and O–H groups in total. The van der Waals surface area contributed by atoms with Crippen LogP contribution < -0.4 is 10.5 Å². The highest BCUT2D eigenvalue weighted by molar-refractivity contribution is 9.10. The number of pyridine rings is 1. The number of fused-ring (bicyclic) bond motifs is 1. The summed E-state index contributed by atoms with van der Waals surface area (Å²) in [4.78, 5) is 4.16. The van der Waals surface area contributed by atoms with Crippen LogP contribution in [0.15, 0.2) is 53.3 Å². The van der Waals surface area contributed by atoms with E-state index in [0.717, 1.165) is 58.7 Å². The van der Waals surface area contributed by atoms with E-state index in [1.54, 1.807) is 12.3 Å². The Balaban J connectivity index is 1.55. The van der Waals surface area contributed by atoms with E-state index >= 15 is 0 Å². The van der Waals surface area contributed by atoms with E-state index in [0.29, 0.717) is 0 Å². The van der Waals surface area contributed by atoms with Gasteiger partial charge in [0, 0.05) is 29.2 Å². The number of benzene rings is 2. The third kappa shape index (κ3) is 3.95. The zero-order valence-corrected chi connectivity index (χ0v) is 18.5. The van der Waals surface area contributed by atoms with Crippen LogP contribution in [0, 0.1) is 11.6 Å². The van der Waals surface area contributed by atoms with Crippen LogP contribution in [0.4, 0.5) is 8.78 Å². The van der Waals surface area contributed by atoms with Crippen LogP contribution in [0.1, 0.15) is 44.6 Å². The standard InChI is InChI=1S/C24H25BrF2N2O/c1-2-23(28)24(17-3-4-20(26)21(27)13-17)8-5-18(6-9-24)30-22-12-15-7-10-29-14-16(15)11-19(22)25/h3-4,7,10-14,18,23H,2,5-6,8-9,28H2,1H3/t18?,23-,24?/m0/s1. The average molecular weight is 475 g/mol. The highest BCUT2D eigenvalue weighted by Gasteiger charge is 2.42. The molecule has 3 aromatic rings. The molecular weight excluding hydrogens is 450 g/mol. The topological polar surface area (TPSA) is 48.1 Å². The molecule has 3 nitrogen and oxygen atoms in total. The van der Waals surface area contributed by atoms with E-state index in [1.165, 1.54) is 12.1 Å². The fourth-order valence-electron chi connectivity index (χ4n) is 4.65. The number of rotatable bonds is 5. The molecule has 1 fully saturated rings. The maximum Gasteiger partial charge on any atom is 0.159 e. The van der Waals surface area contributed by atoms with Crippen LogP contribution in [0.2, 0.25) is 0 Å². The van der Waals surface area contributed by atoms with E-state index in [-0.39, 0.29) is 17.6 Å². The number of nitrogens with two attached hydrogens (primary N) is 1. The van der Waals surface area contributed by atoms with Gasteiger partial charge in [-0.2, -0.15) is 0 Å². The van der Waals surface area contributed by atoms with Crippen molar-refractivity contribution in [1.82, 2.24) is 4.98 Å². The minimum absolute atomic E-state index is 0.0445. The van der Waals surface area contributed by atoms with E-state index < -0.39 is 11.6 Å². The van der Waals surface area contributed by atoms with Gasteiger partial charge < -0.3 is 10.5 Å². The molecule has 1 aliphatic rings. The lowest BCUT2D eigenvalue weighted by Crippen LogP contribution is -2.49. The second kappa shape index (κ2) is 8.60. The van der Waals surface area contributed by atoms with Gasteiger partial charge in [0.15, 0.2) is 11.6 Å². The first kappa shape index (κ1) is 21.2. The number of ether oxygens (including phenoxy) is 1. The number of hydrogen-bond acceptors (Lipinski definition) is 3. The Hall–Kier alpha value is -2.05. The van der Waals surface area contributed by atoms with Gasteiger partial charge in [-0.1, -0.05) is 13.0 Å². The molecule has 1 heterocycles. The molecule has 1 aliphatic carbocycles. The summed E-state index contributed by atoms with van der Waals surface area (Å²) in [5, 5.41) is 2.12. The van der Waals surface area contributed by atoms with Crippen molar-refractivity contribution >= 4 is 26.7 Å². The Bertz CT molecular complexity index is 1050. The first-order valence-corrected chi connectivity index (χ1v) is 11.1. The molecule has 1 saturated carbocycles. The van der Waals surface area contributed by atoms with Gasteiger partial charge in [-0.15, -0.1) is 0 Å². The molecule has 0 spiro atoms. The molecule has 0 radical (unpaired) electrons. The number of halogens is 3. The van der Waals surface area contributed by atoms with Crippen molar-refractivity contribution in [3.05, 3.63) is 70.5 Å². The Morgan fingerprint density at radius 2 is 1.90 bits per heavy atom. The fourth-order valence-corrected chi connectivity index (χ4v) is 5.11. The summed E-state index contributed by atoms with van der Waals surface area (Å²) in [6.07, 6.45) is 7.55. The first-order chi connectivity index (χ1) is 14.4. The maximum atomic E-state index is 14.0. The molecule has 2 aromatic carbocycles. The lowest BCUT2D eigenvalue weighted by atomic mass is 9.64. The Labute approximate surface area is 183 Å². The molecule has 0 amide bonds. The van der Waals surface area contributed by atoms with Crippen molar-refractivity contribution < 1.29 is 13.5 Å². The zero-order chi connectivity index (χ0) is 21.3. The van der Waals surface area contributed by atoms with E-state index in [9.17, 15) is 8.78 Å². The van der Waals surface area contributed by atoms with Crippen molar-refractivity contribution in [3.63, 3.8) is 0 Å². The van der Waals surface area contributed by atoms with Gasteiger partial charge in [-0.3, -0.25) is 4.98 Å². The normalized spacial score (nSPS) is 22.8. The largest absolute Gasteiger partial charge is 0.489 e. The summed E-state index contributed by atoms with van der Waals surface area (Å²) in [5.41, 5.74) is 6.94. The quantitative estimate of drug-likeness (QED) is 0.473. The zero-order valence-electron chi connectivity index (χ0n) is 16.9. The Morgan fingerprint density at radius 1 is 1.13 bits per heavy atom. The predicted molar refractivity (Wildman–Crippen MR) is 119 cm³/mol. The number of hydrogen-bond donors (Lipinski definition) is 1. The van der Waals surface area contributed by atoms with Crippen molar-refractivity contribution in [1.29, 1.82) is 0 Å². The lowest BCUT2D eigenvalue weighted by Gasteiger charge is -2.44. The van der Waals surface area contributed by atoms with Crippen molar-refractivity contribution in [3.8, 4) is 5.75 Å². The Morgan fingerprint density at radius 3 is 2.60 bits per heavy atom. The summed E-state index contributed by atoms with van der Waals surface area (Å²) < 4.78 is 34.7. The van der Waals surface area contributed by atoms with Crippen LogP contribution in [-0.4, -0.2) is 17.1 Å². The predicted octanol–water partition coefficient (Wildman–Crippen LogP) is 6.27. The van der Waals surface area contributed by atoms with Crippen LogP contribution in [0.25, 0.3) is 10.8 Å². The molecule has 1 atom stereocenters. The van der Waals surface area contributed by atoms with Gasteiger partial charge in [0.1, 0.15) is 5.75 Å². The van der Waals surface area contributed by atoms with Gasteiger partial charge in [0.05, 0.1) is 10.6 Å². The third-order valence-corrected chi connectivity index (χ3v) is 7.07. The molecule has 0 bridgehead atoms. The van der Waals surface area contributed by atoms with Gasteiger partial charge in [0.2, 0.25) is 0 Å². The Kier molecular flexibility index (Phi) is 6.07. The van der Waals surface area contributed by atoms with Gasteiger partial charge >= 0.3 is 0 Å². The molecule has 1 aromatic heterocycles. The lowest BCUT2D eigenvalue weighted by molar-refractivity contribution is 0.103. The minimum atomic E-state index is -0.827. The summed E-state index contributed by atoms with van der Waals surface area (Å²) >= 11 is 3.60. The highest BCUT2D eigenvalue weighted by Crippen LogP contribution is 2.44. The molecule has 4 rings (SSSR count). The molecule has 6 heteroatoms. The average Bonchev–Trinajstić information content (AvgIpc) is 2.76. The summed E-state index contributed by atoms with van der Waals surface area (Å²) in [6, 6.07) is 10.1. The molecule has 30 heavy (non-hydrogen) atoms. The van der Waals surface area contributed by atoms with Crippen LogP contribution in [-0.2, 0) is 5.41 Å². The SMILES string of the molecule is CC[C@H](N)C1(c2ccc(F)c(F)c2)CCC(Oc2cc3ccncc3cc2Br)CC1. The van der Waals surface area contributed by atoms with Crippen LogP contribution >= 0.6 is 15.9 Å². The van der Waals surface area contributed by atoms with Crippen LogP contribution in [0.5, 0.6) is 5.75 Å². The van der Waals surface area contributed by atoms with Gasteiger partial charge in [-0.05, 0) is 89.3 Å². The molecule has 0 unspecified atom stereocenters. The second-order valence-corrected chi connectivity index (χ2v) is 8.98. The van der Waals surface area contributed by atoms with Gasteiger partial charge in [-0.25, -0.2) is 8.78 Å². The van der Waals surface area contributed by atoms with Crippen molar-refractivity contribution in [2.45, 2.75) is 56.6 Å².